The number of hydrogen-bond donors (Lipinski definition) is 0. The molecule has 0 fully saturated rings. The van der Waals surface area contributed by atoms with Crippen LogP contribution in [0.25, 0.3) is 0 Å². The molecule has 0 aromatic rings. The zero-order valence-electron chi connectivity index (χ0n) is 7.64. The van der Waals surface area contributed by atoms with Crippen molar-refractivity contribution in [2.45, 2.75) is 39.5 Å². The molecular formula is C11H18. The van der Waals surface area contributed by atoms with Gasteiger partial charge in [0.05, 0.1) is 0 Å². The first-order valence-corrected chi connectivity index (χ1v) is 4.61. The van der Waals surface area contributed by atoms with Crippen LogP contribution in [0.2, 0.25) is 0 Å². The molecule has 0 aromatic carbocycles. The van der Waals surface area contributed by atoms with E-state index in [1.54, 1.807) is 0 Å². The number of rotatable bonds is 3. The lowest BCUT2D eigenvalue weighted by atomic mass is 9.79. The molecule has 0 heteroatoms. The van der Waals surface area contributed by atoms with E-state index >= 15 is 0 Å². The molecule has 0 unspecified atom stereocenters. The van der Waals surface area contributed by atoms with Gasteiger partial charge in [-0.2, -0.15) is 0 Å². The van der Waals surface area contributed by atoms with Crippen LogP contribution >= 0.6 is 0 Å². The lowest BCUT2D eigenvalue weighted by Crippen LogP contribution is -2.13. The maximum absolute atomic E-state index is 2.35. The van der Waals surface area contributed by atoms with Crippen LogP contribution in [-0.4, -0.2) is 0 Å². The first-order chi connectivity index (χ1) is 5.27. The van der Waals surface area contributed by atoms with Crippen LogP contribution in [0, 0.1) is 5.41 Å². The molecular weight excluding hydrogens is 132 g/mol. The fraction of sp³-hybridized carbons (Fsp3) is 0.636. The summed E-state index contributed by atoms with van der Waals surface area (Å²) in [6.07, 6.45) is 14.2. The normalized spacial score (nSPS) is 29.3. The molecule has 0 bridgehead atoms. The van der Waals surface area contributed by atoms with Crippen LogP contribution in [-0.2, 0) is 0 Å². The molecule has 1 aliphatic rings. The molecule has 1 atom stereocenters. The molecule has 0 radical (unpaired) electrons. The van der Waals surface area contributed by atoms with Crippen molar-refractivity contribution in [3.8, 4) is 0 Å². The Morgan fingerprint density at radius 1 is 1.36 bits per heavy atom. The van der Waals surface area contributed by atoms with Crippen molar-refractivity contribution in [1.82, 2.24) is 0 Å². The van der Waals surface area contributed by atoms with Crippen LogP contribution in [0.5, 0.6) is 0 Å². The van der Waals surface area contributed by atoms with Gasteiger partial charge in [0.2, 0.25) is 0 Å². The van der Waals surface area contributed by atoms with Gasteiger partial charge in [0, 0.05) is 0 Å². The van der Waals surface area contributed by atoms with Gasteiger partial charge in [0.1, 0.15) is 0 Å². The Bertz CT molecular complexity index is 165. The number of unbranched alkanes of at least 4 members (excludes halogenated alkanes) is 1. The van der Waals surface area contributed by atoms with Gasteiger partial charge in [-0.1, -0.05) is 51.0 Å². The Balaban J connectivity index is 2.40. The molecule has 11 heavy (non-hydrogen) atoms. The summed E-state index contributed by atoms with van der Waals surface area (Å²) in [6, 6.07) is 0. The standard InChI is InChI=1S/C11H18/c1-3-4-8-11(2)9-6-5-7-10-11/h5-7,9H,3-4,8,10H2,1-2H3/t11-/m0/s1. The molecule has 1 aliphatic carbocycles. The SMILES string of the molecule is CCCC[C@@]1(C)C=CC=CC1. The van der Waals surface area contributed by atoms with Crippen molar-refractivity contribution in [2.24, 2.45) is 5.41 Å². The minimum Gasteiger partial charge on any atom is -0.0837 e. The first kappa shape index (κ1) is 8.58. The van der Waals surface area contributed by atoms with E-state index in [0.29, 0.717) is 5.41 Å². The maximum atomic E-state index is 2.35. The van der Waals surface area contributed by atoms with E-state index in [4.69, 9.17) is 0 Å². The van der Waals surface area contributed by atoms with Crippen molar-refractivity contribution >= 4 is 0 Å². The summed E-state index contributed by atoms with van der Waals surface area (Å²) in [6.45, 7) is 4.61. The largest absolute Gasteiger partial charge is 0.0837 e. The van der Waals surface area contributed by atoms with E-state index in [-0.39, 0.29) is 0 Å². The fourth-order valence-corrected chi connectivity index (χ4v) is 1.54. The van der Waals surface area contributed by atoms with Gasteiger partial charge in [0.25, 0.3) is 0 Å². The highest BCUT2D eigenvalue weighted by molar-refractivity contribution is 5.15. The molecule has 0 nitrogen and oxygen atoms in total. The molecule has 0 saturated heterocycles. The predicted octanol–water partition coefficient (Wildman–Crippen LogP) is 3.70. The van der Waals surface area contributed by atoms with E-state index in [1.165, 1.54) is 25.7 Å². The number of allylic oxidation sites excluding steroid dienone is 4. The second kappa shape index (κ2) is 3.75. The summed E-state index contributed by atoms with van der Waals surface area (Å²) in [7, 11) is 0. The average molecular weight is 150 g/mol. The monoisotopic (exact) mass is 150 g/mol. The van der Waals surface area contributed by atoms with E-state index in [0.717, 1.165) is 0 Å². The molecule has 0 amide bonds. The summed E-state index contributed by atoms with van der Waals surface area (Å²) < 4.78 is 0. The Morgan fingerprint density at radius 3 is 2.73 bits per heavy atom. The second-order valence-electron chi connectivity index (χ2n) is 3.75. The van der Waals surface area contributed by atoms with Gasteiger partial charge >= 0.3 is 0 Å². The summed E-state index contributed by atoms with van der Waals surface area (Å²) >= 11 is 0. The smallest absolute Gasteiger partial charge is 0.0109 e. The van der Waals surface area contributed by atoms with Crippen LogP contribution in [0.1, 0.15) is 39.5 Å². The van der Waals surface area contributed by atoms with Crippen molar-refractivity contribution in [3.05, 3.63) is 24.3 Å². The maximum Gasteiger partial charge on any atom is -0.0109 e. The lowest BCUT2D eigenvalue weighted by Gasteiger charge is -2.25. The Kier molecular flexibility index (Phi) is 2.92. The summed E-state index contributed by atoms with van der Waals surface area (Å²) in [5.74, 6) is 0. The van der Waals surface area contributed by atoms with Gasteiger partial charge in [-0.3, -0.25) is 0 Å². The van der Waals surface area contributed by atoms with Crippen LogP contribution in [0.3, 0.4) is 0 Å². The van der Waals surface area contributed by atoms with Gasteiger partial charge in [0.15, 0.2) is 0 Å². The van der Waals surface area contributed by atoms with Gasteiger partial charge in [-0.15, -0.1) is 0 Å². The highest BCUT2D eigenvalue weighted by Crippen LogP contribution is 2.32. The van der Waals surface area contributed by atoms with Gasteiger partial charge in [-0.25, -0.2) is 0 Å². The van der Waals surface area contributed by atoms with E-state index in [9.17, 15) is 0 Å². The first-order valence-electron chi connectivity index (χ1n) is 4.61. The molecule has 0 aromatic heterocycles. The van der Waals surface area contributed by atoms with Crippen molar-refractivity contribution in [2.75, 3.05) is 0 Å². The van der Waals surface area contributed by atoms with Gasteiger partial charge in [-0.05, 0) is 18.3 Å². The highest BCUT2D eigenvalue weighted by atomic mass is 14.2. The fourth-order valence-electron chi connectivity index (χ4n) is 1.54. The molecule has 1 rings (SSSR count). The van der Waals surface area contributed by atoms with Crippen molar-refractivity contribution in [1.29, 1.82) is 0 Å². The van der Waals surface area contributed by atoms with Gasteiger partial charge < -0.3 is 0 Å². The zero-order valence-corrected chi connectivity index (χ0v) is 7.64. The summed E-state index contributed by atoms with van der Waals surface area (Å²) in [5.41, 5.74) is 0.463. The third-order valence-electron chi connectivity index (χ3n) is 2.43. The lowest BCUT2D eigenvalue weighted by molar-refractivity contribution is 0.378. The molecule has 0 heterocycles. The van der Waals surface area contributed by atoms with Crippen LogP contribution in [0.15, 0.2) is 24.3 Å². The Morgan fingerprint density at radius 2 is 2.18 bits per heavy atom. The highest BCUT2D eigenvalue weighted by Gasteiger charge is 2.19. The van der Waals surface area contributed by atoms with E-state index in [2.05, 4.69) is 38.2 Å². The minimum absolute atomic E-state index is 0.463. The van der Waals surface area contributed by atoms with Crippen molar-refractivity contribution < 1.29 is 0 Å². The molecule has 0 spiro atoms. The van der Waals surface area contributed by atoms with E-state index in [1.807, 2.05) is 0 Å². The quantitative estimate of drug-likeness (QED) is 0.575. The second-order valence-corrected chi connectivity index (χ2v) is 3.75. The summed E-state index contributed by atoms with van der Waals surface area (Å²) in [5, 5.41) is 0. The molecule has 0 saturated carbocycles. The summed E-state index contributed by atoms with van der Waals surface area (Å²) in [4.78, 5) is 0. The molecule has 62 valence electrons. The Hall–Kier alpha value is -0.520. The van der Waals surface area contributed by atoms with Crippen molar-refractivity contribution in [3.63, 3.8) is 0 Å². The number of hydrogen-bond acceptors (Lipinski definition) is 0. The minimum atomic E-state index is 0.463. The average Bonchev–Trinajstić information content (AvgIpc) is 2.03. The molecule has 0 N–H and O–H groups in total. The molecule has 0 aliphatic heterocycles. The predicted molar refractivity (Wildman–Crippen MR) is 50.5 cm³/mol. The Labute approximate surface area is 70.0 Å². The van der Waals surface area contributed by atoms with E-state index < -0.39 is 0 Å². The van der Waals surface area contributed by atoms with Crippen LogP contribution < -0.4 is 0 Å². The third kappa shape index (κ3) is 2.53. The van der Waals surface area contributed by atoms with Crippen LogP contribution in [0.4, 0.5) is 0 Å². The zero-order chi connectivity index (χ0) is 8.16. The third-order valence-corrected chi connectivity index (χ3v) is 2.43. The topological polar surface area (TPSA) is 0 Å².